The van der Waals surface area contributed by atoms with Gasteiger partial charge in [0.05, 0.1) is 12.1 Å². The van der Waals surface area contributed by atoms with Gasteiger partial charge in [-0.05, 0) is 42.5 Å². The van der Waals surface area contributed by atoms with Gasteiger partial charge in [-0.2, -0.15) is 0 Å². The summed E-state index contributed by atoms with van der Waals surface area (Å²) in [4.78, 5) is 39.5. The summed E-state index contributed by atoms with van der Waals surface area (Å²) in [5.41, 5.74) is 0.789. The lowest BCUT2D eigenvalue weighted by Gasteiger charge is -2.33. The fourth-order valence-electron chi connectivity index (χ4n) is 4.66. The average molecular weight is 425 g/mol. The zero-order valence-corrected chi connectivity index (χ0v) is 16.8. The molecule has 1 aliphatic carbocycles. The first-order valence-corrected chi connectivity index (χ1v) is 11.2. The van der Waals surface area contributed by atoms with Crippen LogP contribution >= 0.6 is 0 Å². The van der Waals surface area contributed by atoms with Crippen LogP contribution < -0.4 is 5.32 Å². The number of nitrogens with zero attached hydrogens (tertiary/aromatic N) is 2. The molecule has 0 bridgehead atoms. The first-order valence-electron chi connectivity index (χ1n) is 9.75. The maximum Gasteiger partial charge on any atom is 0.325 e. The van der Waals surface area contributed by atoms with E-state index in [4.69, 9.17) is 0 Å². The highest BCUT2D eigenvalue weighted by atomic mass is 32.2. The van der Waals surface area contributed by atoms with Gasteiger partial charge in [-0.15, -0.1) is 0 Å². The van der Waals surface area contributed by atoms with E-state index in [-0.39, 0.29) is 23.5 Å². The second kappa shape index (κ2) is 6.40. The third-order valence-corrected chi connectivity index (χ3v) is 7.93. The van der Waals surface area contributed by atoms with Gasteiger partial charge in [-0.25, -0.2) is 17.5 Å². The molecule has 0 aromatic heterocycles. The fraction of sp³-hybridized carbons (Fsp3) is 0.286. The summed E-state index contributed by atoms with van der Waals surface area (Å²) in [6.07, 6.45) is 2.07. The zero-order valence-electron chi connectivity index (χ0n) is 16.0. The van der Waals surface area contributed by atoms with Crippen LogP contribution in [-0.4, -0.2) is 48.6 Å². The van der Waals surface area contributed by atoms with Gasteiger partial charge in [0, 0.05) is 6.54 Å². The number of sulfonamides is 1. The predicted octanol–water partition coefficient (Wildman–Crippen LogP) is 1.61. The van der Waals surface area contributed by atoms with Crippen LogP contribution in [0, 0.1) is 0 Å². The van der Waals surface area contributed by atoms with Crippen molar-refractivity contribution in [1.29, 1.82) is 0 Å². The van der Waals surface area contributed by atoms with Gasteiger partial charge in [0.15, 0.2) is 0 Å². The van der Waals surface area contributed by atoms with Crippen molar-refractivity contribution in [2.45, 2.75) is 29.7 Å². The first-order chi connectivity index (χ1) is 14.4. The first kappa shape index (κ1) is 18.8. The van der Waals surface area contributed by atoms with Crippen LogP contribution in [0.1, 0.15) is 34.3 Å². The molecule has 30 heavy (non-hydrogen) atoms. The number of aryl methyl sites for hydroxylation is 1. The summed E-state index contributed by atoms with van der Waals surface area (Å²) < 4.78 is 26.2. The van der Waals surface area contributed by atoms with E-state index in [0.717, 1.165) is 33.2 Å². The number of amides is 4. The van der Waals surface area contributed by atoms with E-state index in [2.05, 4.69) is 5.32 Å². The van der Waals surface area contributed by atoms with Crippen LogP contribution in [0.25, 0.3) is 0 Å². The molecule has 2 heterocycles. The van der Waals surface area contributed by atoms with E-state index in [1.807, 2.05) is 24.3 Å². The van der Waals surface area contributed by atoms with Gasteiger partial charge in [-0.3, -0.25) is 14.5 Å². The lowest BCUT2D eigenvalue weighted by molar-refractivity contribution is -0.132. The van der Waals surface area contributed by atoms with Crippen molar-refractivity contribution < 1.29 is 22.8 Å². The van der Waals surface area contributed by atoms with E-state index in [1.165, 1.54) is 12.1 Å². The minimum Gasteiger partial charge on any atom is -0.319 e. The van der Waals surface area contributed by atoms with Crippen molar-refractivity contribution in [3.63, 3.8) is 0 Å². The fourth-order valence-corrected chi connectivity index (χ4v) is 6.22. The SMILES string of the molecule is O=C1NC2(CCCc3ccccc32)C(=O)N1CCN1C(=O)c2ccccc2S1(=O)=O. The minimum absolute atomic E-state index is 0.0510. The Balaban J connectivity index is 1.41. The molecule has 2 aromatic rings. The van der Waals surface area contributed by atoms with Crippen LogP contribution in [-0.2, 0) is 26.8 Å². The highest BCUT2D eigenvalue weighted by Crippen LogP contribution is 2.40. The highest BCUT2D eigenvalue weighted by Gasteiger charge is 2.54. The Bertz CT molecular complexity index is 1210. The second-order valence-corrected chi connectivity index (χ2v) is 9.51. The smallest absolute Gasteiger partial charge is 0.319 e. The Morgan fingerprint density at radius 1 is 0.967 bits per heavy atom. The van der Waals surface area contributed by atoms with Gasteiger partial charge >= 0.3 is 6.03 Å². The third-order valence-electron chi connectivity index (χ3n) is 6.09. The van der Waals surface area contributed by atoms with E-state index in [9.17, 15) is 22.8 Å². The molecule has 1 saturated heterocycles. The molecule has 0 saturated carbocycles. The van der Waals surface area contributed by atoms with Crippen LogP contribution in [0.3, 0.4) is 0 Å². The van der Waals surface area contributed by atoms with E-state index in [0.29, 0.717) is 6.42 Å². The molecule has 5 rings (SSSR count). The van der Waals surface area contributed by atoms with Gasteiger partial charge in [0.1, 0.15) is 10.4 Å². The van der Waals surface area contributed by atoms with E-state index in [1.54, 1.807) is 12.1 Å². The van der Waals surface area contributed by atoms with Gasteiger partial charge < -0.3 is 5.32 Å². The quantitative estimate of drug-likeness (QED) is 0.753. The molecule has 2 aromatic carbocycles. The number of carbonyl (C=O) groups excluding carboxylic acids is 3. The van der Waals surface area contributed by atoms with Crippen molar-refractivity contribution >= 4 is 27.9 Å². The number of imide groups is 1. The molecule has 0 radical (unpaired) electrons. The Morgan fingerprint density at radius 2 is 1.70 bits per heavy atom. The van der Waals surface area contributed by atoms with Crippen molar-refractivity contribution in [3.05, 3.63) is 65.2 Å². The third kappa shape index (κ3) is 2.44. The lowest BCUT2D eigenvalue weighted by Crippen LogP contribution is -2.47. The van der Waals surface area contributed by atoms with Crippen LogP contribution in [0.4, 0.5) is 4.79 Å². The lowest BCUT2D eigenvalue weighted by atomic mass is 9.76. The van der Waals surface area contributed by atoms with E-state index >= 15 is 0 Å². The monoisotopic (exact) mass is 425 g/mol. The van der Waals surface area contributed by atoms with Gasteiger partial charge in [0.25, 0.3) is 21.8 Å². The topological polar surface area (TPSA) is 104 Å². The number of rotatable bonds is 3. The number of urea groups is 1. The van der Waals surface area contributed by atoms with Crippen molar-refractivity contribution in [1.82, 2.24) is 14.5 Å². The molecule has 8 nitrogen and oxygen atoms in total. The number of hydrogen-bond acceptors (Lipinski definition) is 5. The summed E-state index contributed by atoms with van der Waals surface area (Å²) in [5.74, 6) is -1.04. The molecular formula is C21H19N3O5S. The van der Waals surface area contributed by atoms with Crippen LogP contribution in [0.5, 0.6) is 0 Å². The number of nitrogens with one attached hydrogen (secondary N) is 1. The van der Waals surface area contributed by atoms with E-state index < -0.39 is 33.4 Å². The minimum atomic E-state index is -3.99. The number of benzene rings is 2. The molecule has 2 aliphatic heterocycles. The van der Waals surface area contributed by atoms with Crippen molar-refractivity contribution in [3.8, 4) is 0 Å². The second-order valence-electron chi connectivity index (χ2n) is 7.68. The van der Waals surface area contributed by atoms with Gasteiger partial charge in [-0.1, -0.05) is 36.4 Å². The predicted molar refractivity (Wildman–Crippen MR) is 106 cm³/mol. The summed E-state index contributed by atoms with van der Waals surface area (Å²) in [6, 6.07) is 12.9. The number of hydrogen-bond donors (Lipinski definition) is 1. The molecule has 1 N–H and O–H groups in total. The molecule has 1 atom stereocenters. The Labute approximate surface area is 173 Å². The molecule has 1 spiro atoms. The average Bonchev–Trinajstić information content (AvgIpc) is 3.09. The van der Waals surface area contributed by atoms with Crippen molar-refractivity contribution in [2.24, 2.45) is 0 Å². The maximum absolute atomic E-state index is 13.3. The molecule has 1 unspecified atom stereocenters. The van der Waals surface area contributed by atoms with Crippen LogP contribution in [0.2, 0.25) is 0 Å². The Hall–Kier alpha value is -3.20. The molecule has 4 amide bonds. The summed E-state index contributed by atoms with van der Waals surface area (Å²) in [5, 5.41) is 2.83. The molecule has 9 heteroatoms. The maximum atomic E-state index is 13.3. The van der Waals surface area contributed by atoms with Gasteiger partial charge in [0.2, 0.25) is 0 Å². The summed E-state index contributed by atoms with van der Waals surface area (Å²) in [6.45, 7) is -0.486. The normalized spacial score (nSPS) is 24.2. The Kier molecular flexibility index (Phi) is 4.01. The zero-order chi connectivity index (χ0) is 21.1. The number of fused-ring (bicyclic) bond motifs is 3. The molecule has 1 fully saturated rings. The standard InChI is InChI=1S/C21H19N3O5S/c25-18-15-8-2-4-10-17(15)30(28,29)24(18)13-12-23-19(26)21(22-20(23)27)11-5-7-14-6-1-3-9-16(14)21/h1-4,6,8-10H,5,7,11-13H2,(H,22,27). The summed E-state index contributed by atoms with van der Waals surface area (Å²) in [7, 11) is -3.99. The highest BCUT2D eigenvalue weighted by molar-refractivity contribution is 7.90. The summed E-state index contributed by atoms with van der Waals surface area (Å²) >= 11 is 0. The molecule has 154 valence electrons. The molecule has 3 aliphatic rings. The molecular weight excluding hydrogens is 406 g/mol. The van der Waals surface area contributed by atoms with Crippen molar-refractivity contribution in [2.75, 3.05) is 13.1 Å². The van der Waals surface area contributed by atoms with Crippen LogP contribution in [0.15, 0.2) is 53.4 Å². The Morgan fingerprint density at radius 3 is 2.50 bits per heavy atom. The number of carbonyl (C=O) groups is 3. The largest absolute Gasteiger partial charge is 0.325 e.